The van der Waals surface area contributed by atoms with Crippen LogP contribution in [0.5, 0.6) is 0 Å². The number of hydrogen-bond acceptors (Lipinski definition) is 5. The lowest BCUT2D eigenvalue weighted by atomic mass is 10.3. The van der Waals surface area contributed by atoms with Gasteiger partial charge in [-0.25, -0.2) is 8.42 Å². The standard InChI is InChI=1S/C8H10N2O4S/c1-9-7-4-3-6(10(11)12)5-8(7)15(2,13)14/h3-5,9H,1-2H3. The van der Waals surface area contributed by atoms with Gasteiger partial charge < -0.3 is 5.32 Å². The van der Waals surface area contributed by atoms with Gasteiger partial charge in [0.2, 0.25) is 0 Å². The fourth-order valence-corrected chi connectivity index (χ4v) is 2.04. The summed E-state index contributed by atoms with van der Waals surface area (Å²) < 4.78 is 22.6. The predicted molar refractivity (Wildman–Crippen MR) is 55.8 cm³/mol. The van der Waals surface area contributed by atoms with Crippen LogP contribution < -0.4 is 5.32 Å². The van der Waals surface area contributed by atoms with Crippen LogP contribution in [0.3, 0.4) is 0 Å². The first kappa shape index (κ1) is 11.4. The highest BCUT2D eigenvalue weighted by Gasteiger charge is 2.17. The van der Waals surface area contributed by atoms with E-state index >= 15 is 0 Å². The topological polar surface area (TPSA) is 89.3 Å². The molecule has 0 aliphatic carbocycles. The first-order valence-corrected chi connectivity index (χ1v) is 5.91. The van der Waals surface area contributed by atoms with E-state index in [1.54, 1.807) is 7.05 Å². The van der Waals surface area contributed by atoms with Crippen molar-refractivity contribution in [1.82, 2.24) is 0 Å². The van der Waals surface area contributed by atoms with E-state index in [0.29, 0.717) is 5.69 Å². The Morgan fingerprint density at radius 2 is 2.00 bits per heavy atom. The van der Waals surface area contributed by atoms with Gasteiger partial charge in [-0.1, -0.05) is 0 Å². The normalized spacial score (nSPS) is 11.1. The number of sulfone groups is 1. The summed E-state index contributed by atoms with van der Waals surface area (Å²) in [5, 5.41) is 13.1. The predicted octanol–water partition coefficient (Wildman–Crippen LogP) is 1.04. The van der Waals surface area contributed by atoms with Gasteiger partial charge in [-0.2, -0.15) is 0 Å². The second-order valence-electron chi connectivity index (χ2n) is 2.96. The van der Waals surface area contributed by atoms with Crippen LogP contribution in [0.2, 0.25) is 0 Å². The smallest absolute Gasteiger partial charge is 0.270 e. The molecule has 1 rings (SSSR count). The molecule has 0 saturated carbocycles. The van der Waals surface area contributed by atoms with Crippen molar-refractivity contribution >= 4 is 21.2 Å². The third-order valence-corrected chi connectivity index (χ3v) is 2.98. The average molecular weight is 230 g/mol. The Kier molecular flexibility index (Phi) is 2.94. The number of nitrogens with zero attached hydrogens (tertiary/aromatic N) is 1. The number of rotatable bonds is 3. The molecule has 0 atom stereocenters. The summed E-state index contributed by atoms with van der Waals surface area (Å²) in [4.78, 5) is 9.77. The van der Waals surface area contributed by atoms with Crippen LogP contribution >= 0.6 is 0 Å². The molecule has 0 bridgehead atoms. The van der Waals surface area contributed by atoms with Crippen LogP contribution in [0.25, 0.3) is 0 Å². The lowest BCUT2D eigenvalue weighted by Gasteiger charge is -2.06. The summed E-state index contributed by atoms with van der Waals surface area (Å²) in [5.74, 6) is 0. The summed E-state index contributed by atoms with van der Waals surface area (Å²) in [5.41, 5.74) is 0.109. The Bertz CT molecular complexity index is 495. The molecule has 6 nitrogen and oxygen atoms in total. The highest BCUT2D eigenvalue weighted by molar-refractivity contribution is 7.90. The monoisotopic (exact) mass is 230 g/mol. The van der Waals surface area contributed by atoms with Gasteiger partial charge in [-0.05, 0) is 6.07 Å². The number of hydrogen-bond donors (Lipinski definition) is 1. The van der Waals surface area contributed by atoms with Crippen LogP contribution in [0.15, 0.2) is 23.1 Å². The number of nitro benzene ring substituents is 1. The third kappa shape index (κ3) is 2.44. The average Bonchev–Trinajstić information content (AvgIpc) is 2.15. The van der Waals surface area contributed by atoms with E-state index in [-0.39, 0.29) is 10.6 Å². The molecule has 0 heterocycles. The molecule has 0 aliphatic heterocycles. The van der Waals surface area contributed by atoms with Gasteiger partial charge in [-0.3, -0.25) is 10.1 Å². The van der Waals surface area contributed by atoms with Gasteiger partial charge in [0, 0.05) is 25.4 Å². The fourth-order valence-electron chi connectivity index (χ4n) is 1.14. The zero-order valence-electron chi connectivity index (χ0n) is 8.22. The summed E-state index contributed by atoms with van der Waals surface area (Å²) in [6.45, 7) is 0. The van der Waals surface area contributed by atoms with Crippen LogP contribution in [-0.4, -0.2) is 26.6 Å². The van der Waals surface area contributed by atoms with Crippen LogP contribution in [-0.2, 0) is 9.84 Å². The van der Waals surface area contributed by atoms with Crippen molar-refractivity contribution in [2.75, 3.05) is 18.6 Å². The number of benzene rings is 1. The quantitative estimate of drug-likeness (QED) is 0.619. The molecular formula is C8H10N2O4S. The van der Waals surface area contributed by atoms with Crippen molar-refractivity contribution in [1.29, 1.82) is 0 Å². The van der Waals surface area contributed by atoms with E-state index in [2.05, 4.69) is 5.32 Å². The molecule has 0 radical (unpaired) electrons. The zero-order valence-corrected chi connectivity index (χ0v) is 9.04. The number of non-ortho nitro benzene ring substituents is 1. The van der Waals surface area contributed by atoms with Gasteiger partial charge >= 0.3 is 0 Å². The van der Waals surface area contributed by atoms with Gasteiger partial charge in [0.05, 0.1) is 15.5 Å². The first-order chi connectivity index (χ1) is 6.86. The largest absolute Gasteiger partial charge is 0.387 e. The maximum atomic E-state index is 11.3. The maximum absolute atomic E-state index is 11.3. The Labute approximate surface area is 87.0 Å². The second kappa shape index (κ2) is 3.85. The second-order valence-corrected chi connectivity index (χ2v) is 4.94. The Morgan fingerprint density at radius 1 is 1.40 bits per heavy atom. The van der Waals surface area contributed by atoms with Gasteiger partial charge in [0.1, 0.15) is 0 Å². The van der Waals surface area contributed by atoms with Crippen LogP contribution in [0.4, 0.5) is 11.4 Å². The molecule has 0 aromatic heterocycles. The molecule has 82 valence electrons. The molecule has 1 N–H and O–H groups in total. The highest BCUT2D eigenvalue weighted by atomic mass is 32.2. The molecule has 1 aromatic rings. The molecular weight excluding hydrogens is 220 g/mol. The van der Waals surface area contributed by atoms with Crippen molar-refractivity contribution in [3.05, 3.63) is 28.3 Å². The van der Waals surface area contributed by atoms with Gasteiger partial charge in [0.15, 0.2) is 9.84 Å². The third-order valence-electron chi connectivity index (χ3n) is 1.84. The molecule has 1 aromatic carbocycles. The molecule has 0 unspecified atom stereocenters. The minimum Gasteiger partial charge on any atom is -0.387 e. The van der Waals surface area contributed by atoms with E-state index in [1.807, 2.05) is 0 Å². The van der Waals surface area contributed by atoms with E-state index < -0.39 is 14.8 Å². The summed E-state index contributed by atoms with van der Waals surface area (Å²) >= 11 is 0. The van der Waals surface area contributed by atoms with Gasteiger partial charge in [0.25, 0.3) is 5.69 Å². The van der Waals surface area contributed by atoms with Crippen molar-refractivity contribution in [3.63, 3.8) is 0 Å². The molecule has 0 spiro atoms. The van der Waals surface area contributed by atoms with Gasteiger partial charge in [-0.15, -0.1) is 0 Å². The SMILES string of the molecule is CNc1ccc([N+](=O)[O-])cc1S(C)(=O)=O. The number of nitro groups is 1. The molecule has 0 saturated heterocycles. The molecule has 15 heavy (non-hydrogen) atoms. The van der Waals surface area contributed by atoms with Crippen molar-refractivity contribution in [2.45, 2.75) is 4.90 Å². The van der Waals surface area contributed by atoms with E-state index in [0.717, 1.165) is 12.3 Å². The molecule has 7 heteroatoms. The summed E-state index contributed by atoms with van der Waals surface area (Å²) in [6.07, 6.45) is 1.01. The first-order valence-electron chi connectivity index (χ1n) is 4.02. The minimum absolute atomic E-state index is 0.0702. The van der Waals surface area contributed by atoms with Crippen LogP contribution in [0, 0.1) is 10.1 Å². The lowest BCUT2D eigenvalue weighted by Crippen LogP contribution is -2.03. The fraction of sp³-hybridized carbons (Fsp3) is 0.250. The molecule has 0 aliphatic rings. The van der Waals surface area contributed by atoms with E-state index in [1.165, 1.54) is 12.1 Å². The Morgan fingerprint density at radius 3 is 2.40 bits per heavy atom. The zero-order chi connectivity index (χ0) is 11.6. The Hall–Kier alpha value is -1.63. The molecule has 0 amide bonds. The number of anilines is 1. The minimum atomic E-state index is -3.47. The van der Waals surface area contributed by atoms with E-state index in [4.69, 9.17) is 0 Å². The molecule has 0 fully saturated rings. The van der Waals surface area contributed by atoms with Crippen molar-refractivity contribution < 1.29 is 13.3 Å². The van der Waals surface area contributed by atoms with Crippen LogP contribution in [0.1, 0.15) is 0 Å². The summed E-state index contributed by atoms with van der Waals surface area (Å²) in [7, 11) is -1.92. The number of nitrogens with one attached hydrogen (secondary N) is 1. The highest BCUT2D eigenvalue weighted by Crippen LogP contribution is 2.25. The van der Waals surface area contributed by atoms with Crippen molar-refractivity contribution in [2.24, 2.45) is 0 Å². The summed E-state index contributed by atoms with van der Waals surface area (Å²) in [6, 6.07) is 3.66. The van der Waals surface area contributed by atoms with Crippen molar-refractivity contribution in [3.8, 4) is 0 Å². The Balaban J connectivity index is 3.46. The lowest BCUT2D eigenvalue weighted by molar-refractivity contribution is -0.385. The van der Waals surface area contributed by atoms with E-state index in [9.17, 15) is 18.5 Å². The maximum Gasteiger partial charge on any atom is 0.270 e.